The van der Waals surface area contributed by atoms with Crippen LogP contribution in [0.5, 0.6) is 0 Å². The maximum atomic E-state index is 12.0. The van der Waals surface area contributed by atoms with Crippen LogP contribution in [0.4, 0.5) is 5.82 Å². The third-order valence-corrected chi connectivity index (χ3v) is 3.54. The normalized spacial score (nSPS) is 18.6. The summed E-state index contributed by atoms with van der Waals surface area (Å²) in [7, 11) is 0. The second-order valence-corrected chi connectivity index (χ2v) is 5.00. The molecule has 0 aliphatic carbocycles. The molecule has 3 rings (SSSR count). The Morgan fingerprint density at radius 1 is 1.15 bits per heavy atom. The Morgan fingerprint density at radius 3 is 2.65 bits per heavy atom. The molecule has 1 aromatic carbocycles. The van der Waals surface area contributed by atoms with Crippen LogP contribution in [-0.4, -0.2) is 29.1 Å². The van der Waals surface area contributed by atoms with E-state index in [0.29, 0.717) is 18.8 Å². The molecule has 2 heterocycles. The Morgan fingerprint density at radius 2 is 1.95 bits per heavy atom. The number of hydrogen-bond acceptors (Lipinski definition) is 3. The highest BCUT2D eigenvalue weighted by Crippen LogP contribution is 2.25. The minimum atomic E-state index is 0.0182. The third-order valence-electron chi connectivity index (χ3n) is 3.54. The number of benzene rings is 1. The molecule has 1 N–H and O–H groups in total. The lowest BCUT2D eigenvalue weighted by Crippen LogP contribution is -2.25. The van der Waals surface area contributed by atoms with Crippen LogP contribution in [0.2, 0.25) is 0 Å². The van der Waals surface area contributed by atoms with Gasteiger partial charge in [0.05, 0.1) is 5.69 Å². The van der Waals surface area contributed by atoms with Crippen molar-refractivity contribution in [1.29, 1.82) is 0 Å². The van der Waals surface area contributed by atoms with Gasteiger partial charge in [0.15, 0.2) is 0 Å². The summed E-state index contributed by atoms with van der Waals surface area (Å²) in [5.74, 6) is 0.707. The van der Waals surface area contributed by atoms with Crippen molar-refractivity contribution in [2.45, 2.75) is 6.42 Å². The lowest BCUT2D eigenvalue weighted by Gasteiger charge is -2.16. The van der Waals surface area contributed by atoms with Gasteiger partial charge in [-0.2, -0.15) is 0 Å². The summed E-state index contributed by atoms with van der Waals surface area (Å²) >= 11 is 0. The minimum Gasteiger partial charge on any atom is -0.396 e. The molecular formula is C16H16N2O2. The number of carbonyl (C=O) groups is 1. The van der Waals surface area contributed by atoms with E-state index in [1.165, 1.54) is 0 Å². The van der Waals surface area contributed by atoms with Crippen LogP contribution in [0.1, 0.15) is 6.42 Å². The molecule has 20 heavy (non-hydrogen) atoms. The van der Waals surface area contributed by atoms with Gasteiger partial charge in [-0.1, -0.05) is 36.4 Å². The zero-order valence-electron chi connectivity index (χ0n) is 11.1. The van der Waals surface area contributed by atoms with Crippen LogP contribution < -0.4 is 4.90 Å². The van der Waals surface area contributed by atoms with Gasteiger partial charge < -0.3 is 5.11 Å². The maximum absolute atomic E-state index is 12.0. The first-order valence-electron chi connectivity index (χ1n) is 6.71. The highest BCUT2D eigenvalue weighted by Gasteiger charge is 2.30. The van der Waals surface area contributed by atoms with E-state index in [-0.39, 0.29) is 18.4 Å². The van der Waals surface area contributed by atoms with Crippen LogP contribution in [0.3, 0.4) is 0 Å². The molecule has 1 aliphatic rings. The first kappa shape index (κ1) is 12.8. The van der Waals surface area contributed by atoms with Gasteiger partial charge in [-0.15, -0.1) is 0 Å². The van der Waals surface area contributed by atoms with E-state index in [4.69, 9.17) is 0 Å². The van der Waals surface area contributed by atoms with Crippen molar-refractivity contribution in [3.8, 4) is 11.3 Å². The highest BCUT2D eigenvalue weighted by atomic mass is 16.3. The second kappa shape index (κ2) is 5.43. The van der Waals surface area contributed by atoms with Crippen LogP contribution in [0.15, 0.2) is 48.5 Å². The fourth-order valence-electron chi connectivity index (χ4n) is 2.47. The molecule has 1 aromatic heterocycles. The first-order chi connectivity index (χ1) is 9.78. The number of nitrogens with zero attached hydrogens (tertiary/aromatic N) is 2. The SMILES string of the molecule is O=C1CC(CO)CN1c1cccc(-c2ccccc2)n1. The molecular weight excluding hydrogens is 252 g/mol. The summed E-state index contributed by atoms with van der Waals surface area (Å²) in [6, 6.07) is 15.6. The van der Waals surface area contributed by atoms with E-state index in [0.717, 1.165) is 11.3 Å². The zero-order valence-corrected chi connectivity index (χ0v) is 11.1. The van der Waals surface area contributed by atoms with E-state index in [2.05, 4.69) is 4.98 Å². The highest BCUT2D eigenvalue weighted by molar-refractivity contribution is 5.95. The van der Waals surface area contributed by atoms with Crippen molar-refractivity contribution in [3.63, 3.8) is 0 Å². The van der Waals surface area contributed by atoms with Gasteiger partial charge in [-0.3, -0.25) is 9.69 Å². The van der Waals surface area contributed by atoms with Crippen LogP contribution >= 0.6 is 0 Å². The molecule has 1 amide bonds. The molecule has 1 aliphatic heterocycles. The predicted molar refractivity (Wildman–Crippen MR) is 77.2 cm³/mol. The largest absolute Gasteiger partial charge is 0.396 e. The quantitative estimate of drug-likeness (QED) is 0.927. The Hall–Kier alpha value is -2.20. The van der Waals surface area contributed by atoms with Crippen molar-refractivity contribution >= 4 is 11.7 Å². The molecule has 4 nitrogen and oxygen atoms in total. The average Bonchev–Trinajstić information content (AvgIpc) is 2.89. The van der Waals surface area contributed by atoms with Crippen molar-refractivity contribution in [2.75, 3.05) is 18.1 Å². The number of carbonyl (C=O) groups excluding carboxylic acids is 1. The molecule has 4 heteroatoms. The average molecular weight is 268 g/mol. The van der Waals surface area contributed by atoms with Gasteiger partial charge >= 0.3 is 0 Å². The Kier molecular flexibility index (Phi) is 3.48. The van der Waals surface area contributed by atoms with Crippen molar-refractivity contribution in [2.24, 2.45) is 5.92 Å². The van der Waals surface area contributed by atoms with Gasteiger partial charge in [-0.25, -0.2) is 4.98 Å². The summed E-state index contributed by atoms with van der Waals surface area (Å²) < 4.78 is 0. The summed E-state index contributed by atoms with van der Waals surface area (Å²) in [5, 5.41) is 9.18. The van der Waals surface area contributed by atoms with E-state index in [1.54, 1.807) is 4.90 Å². The summed E-state index contributed by atoms with van der Waals surface area (Å²) in [4.78, 5) is 18.2. The van der Waals surface area contributed by atoms with Crippen molar-refractivity contribution < 1.29 is 9.90 Å². The molecule has 1 saturated heterocycles. The van der Waals surface area contributed by atoms with Gasteiger partial charge in [-0.05, 0) is 12.1 Å². The molecule has 2 aromatic rings. The molecule has 0 bridgehead atoms. The van der Waals surface area contributed by atoms with E-state index < -0.39 is 0 Å². The Labute approximate surface area is 117 Å². The lowest BCUT2D eigenvalue weighted by molar-refractivity contribution is -0.117. The van der Waals surface area contributed by atoms with E-state index in [9.17, 15) is 9.90 Å². The smallest absolute Gasteiger partial charge is 0.228 e. The maximum Gasteiger partial charge on any atom is 0.228 e. The third kappa shape index (κ3) is 2.42. The fraction of sp³-hybridized carbons (Fsp3) is 0.250. The fourth-order valence-corrected chi connectivity index (χ4v) is 2.47. The van der Waals surface area contributed by atoms with Crippen molar-refractivity contribution in [1.82, 2.24) is 4.98 Å². The molecule has 1 unspecified atom stereocenters. The summed E-state index contributed by atoms with van der Waals surface area (Å²) in [6.07, 6.45) is 0.397. The van der Waals surface area contributed by atoms with Crippen molar-refractivity contribution in [3.05, 3.63) is 48.5 Å². The molecule has 0 spiro atoms. The predicted octanol–water partition coefficient (Wildman–Crippen LogP) is 2.09. The van der Waals surface area contributed by atoms with Gasteiger partial charge in [0, 0.05) is 31.1 Å². The monoisotopic (exact) mass is 268 g/mol. The Bertz CT molecular complexity index is 613. The van der Waals surface area contributed by atoms with Gasteiger partial charge in [0.2, 0.25) is 5.91 Å². The number of aliphatic hydroxyl groups excluding tert-OH is 1. The molecule has 0 saturated carbocycles. The van der Waals surface area contributed by atoms with E-state index in [1.807, 2.05) is 48.5 Å². The van der Waals surface area contributed by atoms with E-state index >= 15 is 0 Å². The second-order valence-electron chi connectivity index (χ2n) is 5.00. The van der Waals surface area contributed by atoms with Crippen LogP contribution in [0, 0.1) is 5.92 Å². The molecule has 1 fully saturated rings. The number of anilines is 1. The number of pyridine rings is 1. The topological polar surface area (TPSA) is 53.4 Å². The number of aliphatic hydroxyl groups is 1. The lowest BCUT2D eigenvalue weighted by atomic mass is 10.1. The number of rotatable bonds is 3. The number of amides is 1. The number of hydrogen-bond donors (Lipinski definition) is 1. The summed E-state index contributed by atoms with van der Waals surface area (Å²) in [5.41, 5.74) is 1.88. The number of aromatic nitrogens is 1. The standard InChI is InChI=1S/C16H16N2O2/c19-11-12-9-16(20)18(10-12)15-8-4-7-14(17-15)13-5-2-1-3-6-13/h1-8,12,19H,9-11H2. The van der Waals surface area contributed by atoms with Crippen LogP contribution in [0.25, 0.3) is 11.3 Å². The zero-order chi connectivity index (χ0) is 13.9. The van der Waals surface area contributed by atoms with Crippen LogP contribution in [-0.2, 0) is 4.79 Å². The summed E-state index contributed by atoms with van der Waals surface area (Å²) in [6.45, 7) is 0.585. The van der Waals surface area contributed by atoms with Gasteiger partial charge in [0.1, 0.15) is 5.82 Å². The molecule has 1 atom stereocenters. The Balaban J connectivity index is 1.91. The van der Waals surface area contributed by atoms with Gasteiger partial charge in [0.25, 0.3) is 0 Å². The molecule has 102 valence electrons. The molecule has 0 radical (unpaired) electrons. The minimum absolute atomic E-state index is 0.0182. The first-order valence-corrected chi connectivity index (χ1v) is 6.71.